The number of halogens is 1. The Balaban J connectivity index is 1.60. The normalized spacial score (nSPS) is 16.9. The summed E-state index contributed by atoms with van der Waals surface area (Å²) in [6, 6.07) is 7.86. The van der Waals surface area contributed by atoms with Crippen LogP contribution in [0.4, 0.5) is 0 Å². The highest BCUT2D eigenvalue weighted by Gasteiger charge is 2.30. The van der Waals surface area contributed by atoms with Crippen LogP contribution in [0.3, 0.4) is 0 Å². The van der Waals surface area contributed by atoms with Crippen LogP contribution in [0.25, 0.3) is 0 Å². The molecule has 2 heterocycles. The van der Waals surface area contributed by atoms with Crippen molar-refractivity contribution in [1.82, 2.24) is 14.0 Å². The number of hydrogen-bond donors (Lipinski definition) is 1. The molecule has 1 aliphatic heterocycles. The van der Waals surface area contributed by atoms with Gasteiger partial charge in [0.2, 0.25) is 20.0 Å². The first kappa shape index (κ1) is 21.2. The number of nitrogens with one attached hydrogen (secondary N) is 1. The molecule has 0 bridgehead atoms. The molecule has 1 aromatic heterocycles. The summed E-state index contributed by atoms with van der Waals surface area (Å²) in [5.41, 5.74) is 0.620. The average Bonchev–Trinajstić information content (AvgIpc) is 2.69. The highest BCUT2D eigenvalue weighted by molar-refractivity contribution is 7.89. The molecule has 1 aliphatic rings. The molecule has 0 unspecified atom stereocenters. The van der Waals surface area contributed by atoms with Crippen LogP contribution in [-0.4, -0.2) is 45.8 Å². The fraction of sp³-hybridized carbons (Fsp3) is 0.389. The second kappa shape index (κ2) is 8.46. The van der Waals surface area contributed by atoms with Gasteiger partial charge in [0.25, 0.3) is 0 Å². The SMILES string of the molecule is Cc1ccc(Cl)cc1S(=O)(=O)NCC1CCN(S(=O)(=O)c2cccnc2)CC1. The number of piperidine rings is 1. The van der Waals surface area contributed by atoms with Crippen molar-refractivity contribution in [1.29, 1.82) is 0 Å². The van der Waals surface area contributed by atoms with E-state index in [0.717, 1.165) is 0 Å². The number of aryl methyl sites for hydroxylation is 1. The Labute approximate surface area is 170 Å². The average molecular weight is 444 g/mol. The molecule has 0 saturated carbocycles. The maximum absolute atomic E-state index is 12.6. The van der Waals surface area contributed by atoms with Crippen molar-refractivity contribution in [2.24, 2.45) is 5.92 Å². The summed E-state index contributed by atoms with van der Waals surface area (Å²) >= 11 is 5.92. The first-order valence-corrected chi connectivity index (χ1v) is 12.2. The summed E-state index contributed by atoms with van der Waals surface area (Å²) < 4.78 is 54.5. The summed E-state index contributed by atoms with van der Waals surface area (Å²) in [4.78, 5) is 4.20. The lowest BCUT2D eigenvalue weighted by Crippen LogP contribution is -2.41. The first-order valence-electron chi connectivity index (χ1n) is 8.86. The summed E-state index contributed by atoms with van der Waals surface area (Å²) in [6.07, 6.45) is 4.02. The molecule has 152 valence electrons. The van der Waals surface area contributed by atoms with E-state index in [-0.39, 0.29) is 22.3 Å². The van der Waals surface area contributed by atoms with E-state index in [2.05, 4.69) is 9.71 Å². The molecular weight excluding hydrogens is 422 g/mol. The minimum atomic E-state index is -3.67. The third-order valence-corrected chi connectivity index (χ3v) is 8.53. The van der Waals surface area contributed by atoms with Crippen molar-refractivity contribution in [2.75, 3.05) is 19.6 Å². The van der Waals surface area contributed by atoms with Crippen LogP contribution >= 0.6 is 11.6 Å². The molecule has 0 spiro atoms. The molecule has 10 heteroatoms. The summed E-state index contributed by atoms with van der Waals surface area (Å²) in [7, 11) is -7.24. The number of pyridine rings is 1. The van der Waals surface area contributed by atoms with Gasteiger partial charge in [-0.25, -0.2) is 21.6 Å². The second-order valence-corrected chi connectivity index (χ2v) is 10.9. The number of aromatic nitrogens is 1. The van der Waals surface area contributed by atoms with Gasteiger partial charge in [0.05, 0.1) is 4.90 Å². The lowest BCUT2D eigenvalue weighted by atomic mass is 9.99. The second-order valence-electron chi connectivity index (χ2n) is 6.80. The third-order valence-electron chi connectivity index (χ3n) is 4.85. The van der Waals surface area contributed by atoms with Crippen LogP contribution in [0.15, 0.2) is 52.5 Å². The van der Waals surface area contributed by atoms with E-state index in [1.807, 2.05) is 0 Å². The van der Waals surface area contributed by atoms with Gasteiger partial charge in [-0.1, -0.05) is 17.7 Å². The van der Waals surface area contributed by atoms with Crippen molar-refractivity contribution in [3.63, 3.8) is 0 Å². The van der Waals surface area contributed by atoms with E-state index in [1.165, 1.54) is 28.8 Å². The van der Waals surface area contributed by atoms with E-state index in [9.17, 15) is 16.8 Å². The van der Waals surface area contributed by atoms with Gasteiger partial charge in [0, 0.05) is 37.1 Å². The molecule has 1 saturated heterocycles. The van der Waals surface area contributed by atoms with Crippen LogP contribution in [0, 0.1) is 12.8 Å². The van der Waals surface area contributed by atoms with E-state index >= 15 is 0 Å². The molecular formula is C18H22ClN3O4S2. The lowest BCUT2D eigenvalue weighted by molar-refractivity contribution is 0.274. The van der Waals surface area contributed by atoms with Crippen LogP contribution in [-0.2, 0) is 20.0 Å². The van der Waals surface area contributed by atoms with Crippen LogP contribution in [0.1, 0.15) is 18.4 Å². The number of rotatable bonds is 6. The first-order chi connectivity index (χ1) is 13.2. The van der Waals surface area contributed by atoms with E-state index in [4.69, 9.17) is 11.6 Å². The van der Waals surface area contributed by atoms with Gasteiger partial charge in [0.15, 0.2) is 0 Å². The molecule has 0 aliphatic carbocycles. The lowest BCUT2D eigenvalue weighted by Gasteiger charge is -2.31. The molecule has 28 heavy (non-hydrogen) atoms. The van der Waals surface area contributed by atoms with Gasteiger partial charge >= 0.3 is 0 Å². The highest BCUT2D eigenvalue weighted by atomic mass is 35.5. The molecule has 1 fully saturated rings. The van der Waals surface area contributed by atoms with Crippen molar-refractivity contribution in [3.05, 3.63) is 53.3 Å². The topological polar surface area (TPSA) is 96.4 Å². The van der Waals surface area contributed by atoms with Crippen molar-refractivity contribution in [2.45, 2.75) is 29.6 Å². The van der Waals surface area contributed by atoms with Crippen molar-refractivity contribution in [3.8, 4) is 0 Å². The van der Waals surface area contributed by atoms with Crippen molar-refractivity contribution >= 4 is 31.6 Å². The minimum Gasteiger partial charge on any atom is -0.263 e. The van der Waals surface area contributed by atoms with E-state index in [1.54, 1.807) is 25.1 Å². The smallest absolute Gasteiger partial charge is 0.244 e. The predicted octanol–water partition coefficient (Wildman–Crippen LogP) is 2.42. The number of hydrogen-bond acceptors (Lipinski definition) is 5. The summed E-state index contributed by atoms with van der Waals surface area (Å²) in [5.74, 6) is 0.0645. The Morgan fingerprint density at radius 1 is 1.18 bits per heavy atom. The van der Waals surface area contributed by atoms with Gasteiger partial charge in [-0.15, -0.1) is 0 Å². The maximum Gasteiger partial charge on any atom is 0.244 e. The highest BCUT2D eigenvalue weighted by Crippen LogP contribution is 2.24. The molecule has 1 N–H and O–H groups in total. The molecule has 0 radical (unpaired) electrons. The standard InChI is InChI=1S/C18H22ClN3O4S2/c1-14-4-5-16(19)11-18(14)27(23,24)21-12-15-6-9-22(10-7-15)28(25,26)17-3-2-8-20-13-17/h2-5,8,11,13,15,21H,6-7,9-10,12H2,1H3. The Morgan fingerprint density at radius 2 is 1.89 bits per heavy atom. The Kier molecular flexibility index (Phi) is 6.41. The zero-order chi connectivity index (χ0) is 20.4. The number of sulfonamides is 2. The molecule has 1 aromatic carbocycles. The number of benzene rings is 1. The summed E-state index contributed by atoms with van der Waals surface area (Å²) in [6.45, 7) is 2.67. The maximum atomic E-state index is 12.6. The predicted molar refractivity (Wildman–Crippen MR) is 107 cm³/mol. The van der Waals surface area contributed by atoms with Gasteiger partial charge in [-0.05, 0) is 55.5 Å². The fourth-order valence-electron chi connectivity index (χ4n) is 3.17. The molecule has 0 atom stereocenters. The van der Waals surface area contributed by atoms with Crippen LogP contribution < -0.4 is 4.72 Å². The zero-order valence-electron chi connectivity index (χ0n) is 15.4. The third kappa shape index (κ3) is 4.72. The van der Waals surface area contributed by atoms with E-state index < -0.39 is 20.0 Å². The van der Waals surface area contributed by atoms with Gasteiger partial charge in [-0.2, -0.15) is 4.31 Å². The van der Waals surface area contributed by atoms with Gasteiger partial charge in [-0.3, -0.25) is 4.98 Å². The van der Waals surface area contributed by atoms with Gasteiger partial charge < -0.3 is 0 Å². The Hall–Kier alpha value is -1.52. The fourth-order valence-corrected chi connectivity index (χ4v) is 6.23. The largest absolute Gasteiger partial charge is 0.263 e. The van der Waals surface area contributed by atoms with Crippen LogP contribution in [0.2, 0.25) is 5.02 Å². The van der Waals surface area contributed by atoms with E-state index in [0.29, 0.717) is 36.5 Å². The summed E-state index contributed by atoms with van der Waals surface area (Å²) in [5, 5.41) is 0.361. The molecule has 2 aromatic rings. The molecule has 7 nitrogen and oxygen atoms in total. The Morgan fingerprint density at radius 3 is 2.54 bits per heavy atom. The minimum absolute atomic E-state index is 0.0645. The molecule has 0 amide bonds. The zero-order valence-corrected chi connectivity index (χ0v) is 17.8. The number of nitrogens with zero attached hydrogens (tertiary/aromatic N) is 2. The van der Waals surface area contributed by atoms with Crippen LogP contribution in [0.5, 0.6) is 0 Å². The quantitative estimate of drug-likeness (QED) is 0.739. The van der Waals surface area contributed by atoms with Crippen molar-refractivity contribution < 1.29 is 16.8 Å². The molecule has 3 rings (SSSR count). The monoisotopic (exact) mass is 443 g/mol. The Bertz CT molecular complexity index is 1040. The van der Waals surface area contributed by atoms with Gasteiger partial charge in [0.1, 0.15) is 4.90 Å².